The summed E-state index contributed by atoms with van der Waals surface area (Å²) in [5.41, 5.74) is 3.71. The number of nitrogens with zero attached hydrogens (tertiary/aromatic N) is 3. The predicted molar refractivity (Wildman–Crippen MR) is 143 cm³/mol. The van der Waals surface area contributed by atoms with Gasteiger partial charge in [-0.1, -0.05) is 36.4 Å². The van der Waals surface area contributed by atoms with Crippen molar-refractivity contribution in [3.05, 3.63) is 65.2 Å². The highest BCUT2D eigenvalue weighted by molar-refractivity contribution is 14.0. The fourth-order valence-electron chi connectivity index (χ4n) is 4.61. The number of nitrogens with one attached hydrogen (secondary N) is 1. The Morgan fingerprint density at radius 1 is 1.15 bits per heavy atom. The number of guanidine groups is 1. The van der Waals surface area contributed by atoms with E-state index in [4.69, 9.17) is 9.73 Å². The number of hydrogen-bond donors (Lipinski definition) is 1. The number of carbonyl (C=O) groups is 1. The summed E-state index contributed by atoms with van der Waals surface area (Å²) in [4.78, 5) is 21.2. The van der Waals surface area contributed by atoms with Crippen LogP contribution in [-0.2, 0) is 17.9 Å². The Morgan fingerprint density at radius 2 is 1.94 bits per heavy atom. The van der Waals surface area contributed by atoms with Crippen LogP contribution in [0.4, 0.5) is 0 Å². The average molecular weight is 562 g/mol. The molecule has 33 heavy (non-hydrogen) atoms. The van der Waals surface area contributed by atoms with E-state index in [2.05, 4.69) is 53.5 Å². The molecule has 0 radical (unpaired) electrons. The van der Waals surface area contributed by atoms with Crippen LogP contribution < -0.4 is 10.1 Å². The second kappa shape index (κ2) is 12.3. The molecule has 0 bridgehead atoms. The van der Waals surface area contributed by atoms with Gasteiger partial charge in [0.25, 0.3) is 0 Å². The standard InChI is InChI=1S/C26H34N4O2.HI/c1-3-27-26(30-15-13-23(19-30)22-9-11-24(32-2)12-10-22)28-17-20-6-4-7-21(16-20)18-29-14-5-8-25(29)31;/h4,6-7,9-12,16,23H,3,5,8,13-15,17-19H2,1-2H3,(H,27,28);1H. The average Bonchev–Trinajstić information content (AvgIpc) is 3.47. The number of rotatable bonds is 7. The lowest BCUT2D eigenvalue weighted by molar-refractivity contribution is -0.128. The summed E-state index contributed by atoms with van der Waals surface area (Å²) >= 11 is 0. The second-order valence-corrected chi connectivity index (χ2v) is 8.61. The Hall–Kier alpha value is -2.29. The van der Waals surface area contributed by atoms with Crippen LogP contribution in [0, 0.1) is 0 Å². The van der Waals surface area contributed by atoms with Gasteiger partial charge in [0.2, 0.25) is 5.91 Å². The van der Waals surface area contributed by atoms with Gasteiger partial charge >= 0.3 is 0 Å². The van der Waals surface area contributed by atoms with Gasteiger partial charge in [0.1, 0.15) is 5.75 Å². The summed E-state index contributed by atoms with van der Waals surface area (Å²) in [5.74, 6) is 2.65. The fraction of sp³-hybridized carbons (Fsp3) is 0.462. The molecular weight excluding hydrogens is 527 g/mol. The number of likely N-dealkylation sites (tertiary alicyclic amines) is 2. The number of hydrogen-bond acceptors (Lipinski definition) is 3. The minimum absolute atomic E-state index is 0. The Kier molecular flexibility index (Phi) is 9.41. The third-order valence-electron chi connectivity index (χ3n) is 6.36. The molecule has 2 aromatic rings. The van der Waals surface area contributed by atoms with Crippen molar-refractivity contribution in [3.8, 4) is 5.75 Å². The monoisotopic (exact) mass is 562 g/mol. The van der Waals surface area contributed by atoms with Crippen molar-refractivity contribution < 1.29 is 9.53 Å². The molecule has 0 aromatic heterocycles. The van der Waals surface area contributed by atoms with Gasteiger partial charge in [-0.15, -0.1) is 24.0 Å². The third-order valence-corrected chi connectivity index (χ3v) is 6.36. The molecule has 1 N–H and O–H groups in total. The topological polar surface area (TPSA) is 57.2 Å². The highest BCUT2D eigenvalue weighted by Gasteiger charge is 2.26. The molecule has 1 atom stereocenters. The van der Waals surface area contributed by atoms with Crippen molar-refractivity contribution in [2.45, 2.75) is 45.2 Å². The third kappa shape index (κ3) is 6.62. The second-order valence-electron chi connectivity index (χ2n) is 8.61. The molecular formula is C26H35IN4O2. The van der Waals surface area contributed by atoms with Crippen LogP contribution >= 0.6 is 24.0 Å². The SMILES string of the molecule is CCNC(=NCc1cccc(CN2CCCC2=O)c1)N1CCC(c2ccc(OC)cc2)C1.I. The number of methoxy groups -OCH3 is 1. The maximum Gasteiger partial charge on any atom is 0.222 e. The van der Waals surface area contributed by atoms with Gasteiger partial charge in [0, 0.05) is 45.1 Å². The molecule has 178 valence electrons. The quantitative estimate of drug-likeness (QED) is 0.309. The van der Waals surface area contributed by atoms with Crippen molar-refractivity contribution in [2.24, 2.45) is 4.99 Å². The molecule has 0 spiro atoms. The van der Waals surface area contributed by atoms with E-state index in [1.807, 2.05) is 17.0 Å². The highest BCUT2D eigenvalue weighted by atomic mass is 127. The minimum atomic E-state index is 0. The van der Waals surface area contributed by atoms with Crippen molar-refractivity contribution in [1.29, 1.82) is 0 Å². The van der Waals surface area contributed by atoms with Crippen LogP contribution in [0.5, 0.6) is 5.75 Å². The van der Waals surface area contributed by atoms with Crippen LogP contribution in [0.3, 0.4) is 0 Å². The van der Waals surface area contributed by atoms with Gasteiger partial charge in [-0.3, -0.25) is 4.79 Å². The van der Waals surface area contributed by atoms with Crippen molar-refractivity contribution in [3.63, 3.8) is 0 Å². The molecule has 1 amide bonds. The number of amides is 1. The van der Waals surface area contributed by atoms with E-state index in [0.717, 1.165) is 50.7 Å². The van der Waals surface area contributed by atoms with Crippen LogP contribution in [0.1, 0.15) is 48.8 Å². The van der Waals surface area contributed by atoms with E-state index in [-0.39, 0.29) is 29.9 Å². The van der Waals surface area contributed by atoms with Gasteiger partial charge in [0.15, 0.2) is 5.96 Å². The maximum absolute atomic E-state index is 11.9. The largest absolute Gasteiger partial charge is 0.497 e. The molecule has 2 aromatic carbocycles. The van der Waals surface area contributed by atoms with Gasteiger partial charge < -0.3 is 19.9 Å². The molecule has 0 aliphatic carbocycles. The molecule has 6 nitrogen and oxygen atoms in total. The first-order chi connectivity index (χ1) is 15.7. The Morgan fingerprint density at radius 3 is 2.64 bits per heavy atom. The number of aliphatic imine (C=N–C) groups is 1. The summed E-state index contributed by atoms with van der Waals surface area (Å²) < 4.78 is 5.29. The Balaban J connectivity index is 0.00000306. The van der Waals surface area contributed by atoms with Crippen molar-refractivity contribution in [2.75, 3.05) is 33.3 Å². The zero-order chi connectivity index (χ0) is 22.3. The highest BCUT2D eigenvalue weighted by Crippen LogP contribution is 2.28. The molecule has 2 fully saturated rings. The number of ether oxygens (including phenoxy) is 1. The smallest absolute Gasteiger partial charge is 0.222 e. The number of benzene rings is 2. The van der Waals surface area contributed by atoms with E-state index in [9.17, 15) is 4.79 Å². The molecule has 2 aliphatic rings. The normalized spacial score (nSPS) is 18.4. The first kappa shape index (κ1) is 25.3. The summed E-state index contributed by atoms with van der Waals surface area (Å²) in [7, 11) is 1.70. The Bertz CT molecular complexity index is 948. The van der Waals surface area contributed by atoms with Crippen LogP contribution in [0.15, 0.2) is 53.5 Å². The predicted octanol–water partition coefficient (Wildman–Crippen LogP) is 4.39. The first-order valence-electron chi connectivity index (χ1n) is 11.7. The molecule has 4 rings (SSSR count). The molecule has 2 saturated heterocycles. The van der Waals surface area contributed by atoms with Crippen LogP contribution in [0.25, 0.3) is 0 Å². The van der Waals surface area contributed by atoms with E-state index in [1.165, 1.54) is 16.7 Å². The minimum Gasteiger partial charge on any atom is -0.497 e. The van der Waals surface area contributed by atoms with Gasteiger partial charge in [0.05, 0.1) is 13.7 Å². The number of carbonyl (C=O) groups excluding carboxylic acids is 1. The van der Waals surface area contributed by atoms with Gasteiger partial charge in [-0.2, -0.15) is 0 Å². The lowest BCUT2D eigenvalue weighted by atomic mass is 9.98. The van der Waals surface area contributed by atoms with Crippen LogP contribution in [0.2, 0.25) is 0 Å². The van der Waals surface area contributed by atoms with Gasteiger partial charge in [-0.25, -0.2) is 4.99 Å². The first-order valence-corrected chi connectivity index (χ1v) is 11.7. The zero-order valence-electron chi connectivity index (χ0n) is 19.6. The summed E-state index contributed by atoms with van der Waals surface area (Å²) in [6.45, 7) is 7.13. The summed E-state index contributed by atoms with van der Waals surface area (Å²) in [6, 6.07) is 16.9. The molecule has 1 unspecified atom stereocenters. The van der Waals surface area contributed by atoms with E-state index >= 15 is 0 Å². The maximum atomic E-state index is 11.9. The molecule has 2 aliphatic heterocycles. The molecule has 7 heteroatoms. The zero-order valence-corrected chi connectivity index (χ0v) is 22.0. The van der Waals surface area contributed by atoms with Crippen LogP contribution in [-0.4, -0.2) is 55.0 Å². The van der Waals surface area contributed by atoms with Crippen molar-refractivity contribution >= 4 is 35.8 Å². The van der Waals surface area contributed by atoms with E-state index < -0.39 is 0 Å². The number of halogens is 1. The van der Waals surface area contributed by atoms with Gasteiger partial charge in [-0.05, 0) is 48.6 Å². The lowest BCUT2D eigenvalue weighted by Crippen LogP contribution is -2.40. The molecule has 0 saturated carbocycles. The van der Waals surface area contributed by atoms with E-state index in [1.54, 1.807) is 7.11 Å². The summed E-state index contributed by atoms with van der Waals surface area (Å²) in [6.07, 6.45) is 2.78. The Labute approximate surface area is 214 Å². The van der Waals surface area contributed by atoms with Crippen molar-refractivity contribution in [1.82, 2.24) is 15.1 Å². The fourth-order valence-corrected chi connectivity index (χ4v) is 4.61. The summed E-state index contributed by atoms with van der Waals surface area (Å²) in [5, 5.41) is 3.47. The molecule has 2 heterocycles. The van der Waals surface area contributed by atoms with E-state index in [0.29, 0.717) is 25.4 Å². The lowest BCUT2D eigenvalue weighted by Gasteiger charge is -2.22.